The summed E-state index contributed by atoms with van der Waals surface area (Å²) in [4.78, 5) is 0. The van der Waals surface area contributed by atoms with Crippen molar-refractivity contribution in [2.45, 2.75) is 103 Å². The molecule has 0 fully saturated rings. The second kappa shape index (κ2) is 18.1. The number of hydrogen-bond acceptors (Lipinski definition) is 4. The molecule has 1 N–H and O–H groups in total. The highest BCUT2D eigenvalue weighted by Crippen LogP contribution is 2.24. The fraction of sp³-hybridized carbons (Fsp3) is 0.944. The van der Waals surface area contributed by atoms with Crippen molar-refractivity contribution >= 4 is 39.3 Å². The van der Waals surface area contributed by atoms with Crippen LogP contribution in [-0.4, -0.2) is 19.8 Å². The van der Waals surface area contributed by atoms with Gasteiger partial charge in [0.2, 0.25) is 0 Å². The number of hydrogen-bond donors (Lipinski definition) is 1. The van der Waals surface area contributed by atoms with Crippen molar-refractivity contribution in [1.29, 1.82) is 0 Å². The molecule has 0 rings (SSSR count). The third-order valence-corrected chi connectivity index (χ3v) is 6.47. The van der Waals surface area contributed by atoms with Crippen LogP contribution in [-0.2, 0) is 0 Å². The Balaban J connectivity index is 3.23. The summed E-state index contributed by atoms with van der Waals surface area (Å²) in [5.41, 5.74) is -0.298. The Morgan fingerprint density at radius 2 is 1.32 bits per heavy atom. The highest BCUT2D eigenvalue weighted by atomic mass is 32.2. The first kappa shape index (κ1) is 22.8. The van der Waals surface area contributed by atoms with Gasteiger partial charge in [0.15, 0.2) is 0 Å². The molecule has 0 saturated carbocycles. The van der Waals surface area contributed by atoms with Crippen LogP contribution >= 0.6 is 35.7 Å². The molecule has 0 aliphatic heterocycles. The maximum Gasteiger partial charge on any atom is 0.106 e. The minimum Gasteiger partial charge on any atom is -0.382 e. The zero-order valence-electron chi connectivity index (χ0n) is 14.6. The lowest BCUT2D eigenvalue weighted by molar-refractivity contribution is 0.250. The number of thioether (sulfide) groups is 2. The highest BCUT2D eigenvalue weighted by Gasteiger charge is 2.08. The number of thiocarbonyl (C=S) groups is 1. The van der Waals surface area contributed by atoms with Gasteiger partial charge in [-0.1, -0.05) is 108 Å². The van der Waals surface area contributed by atoms with Crippen LogP contribution in [0.3, 0.4) is 0 Å². The first-order chi connectivity index (χ1) is 10.7. The molecule has 0 saturated heterocycles. The molecule has 1 atom stereocenters. The van der Waals surface area contributed by atoms with Crippen molar-refractivity contribution in [3.05, 3.63) is 0 Å². The second-order valence-electron chi connectivity index (χ2n) is 6.00. The average Bonchev–Trinajstić information content (AvgIpc) is 2.50. The van der Waals surface area contributed by atoms with E-state index < -0.39 is 0 Å². The van der Waals surface area contributed by atoms with Gasteiger partial charge in [-0.15, -0.1) is 11.8 Å². The predicted molar refractivity (Wildman–Crippen MR) is 110 cm³/mol. The third-order valence-electron chi connectivity index (χ3n) is 3.75. The molecule has 0 aliphatic carbocycles. The molecule has 0 spiro atoms. The molecule has 0 radical (unpaired) electrons. The van der Waals surface area contributed by atoms with Crippen LogP contribution in [0.5, 0.6) is 0 Å². The van der Waals surface area contributed by atoms with E-state index in [-0.39, 0.29) is 5.44 Å². The topological polar surface area (TPSA) is 20.2 Å². The summed E-state index contributed by atoms with van der Waals surface area (Å²) in [6, 6.07) is 0. The third kappa shape index (κ3) is 17.1. The van der Waals surface area contributed by atoms with E-state index >= 15 is 0 Å². The van der Waals surface area contributed by atoms with Gasteiger partial charge in [0.25, 0.3) is 0 Å². The van der Waals surface area contributed by atoms with Gasteiger partial charge in [0.05, 0.1) is 0 Å². The van der Waals surface area contributed by atoms with E-state index in [1.54, 1.807) is 11.8 Å². The molecule has 0 aromatic heterocycles. The smallest absolute Gasteiger partial charge is 0.106 e. The van der Waals surface area contributed by atoms with Gasteiger partial charge in [-0.3, -0.25) is 0 Å². The lowest BCUT2D eigenvalue weighted by atomic mass is 10.1. The van der Waals surface area contributed by atoms with Crippen LogP contribution in [0.15, 0.2) is 0 Å². The van der Waals surface area contributed by atoms with E-state index in [1.165, 1.54) is 76.0 Å². The fourth-order valence-corrected chi connectivity index (χ4v) is 4.79. The highest BCUT2D eigenvalue weighted by molar-refractivity contribution is 8.47. The normalized spacial score (nSPS) is 12.5. The van der Waals surface area contributed by atoms with Gasteiger partial charge in [-0.05, 0) is 18.6 Å². The standard InChI is InChI=1S/C18H36OS3/c1-3-5-7-8-9-10-11-12-13-14-16-21-18(20)22-17(19)15-6-4-2/h17,19H,3-16H2,1-2H3. The summed E-state index contributed by atoms with van der Waals surface area (Å²) in [7, 11) is 0. The van der Waals surface area contributed by atoms with Gasteiger partial charge in [-0.2, -0.15) is 0 Å². The van der Waals surface area contributed by atoms with Crippen LogP contribution in [0, 0.1) is 0 Å². The molecule has 0 amide bonds. The Morgan fingerprint density at radius 1 is 0.818 bits per heavy atom. The fourth-order valence-electron chi connectivity index (χ4n) is 2.33. The Hall–Kier alpha value is 0.750. The summed E-state index contributed by atoms with van der Waals surface area (Å²) in [6.07, 6.45) is 16.9. The van der Waals surface area contributed by atoms with Gasteiger partial charge in [0, 0.05) is 0 Å². The molecule has 1 unspecified atom stereocenters. The molecule has 0 aromatic rings. The van der Waals surface area contributed by atoms with E-state index in [1.807, 2.05) is 0 Å². The van der Waals surface area contributed by atoms with Crippen molar-refractivity contribution < 1.29 is 5.11 Å². The second-order valence-corrected chi connectivity index (χ2v) is 9.47. The van der Waals surface area contributed by atoms with Gasteiger partial charge >= 0.3 is 0 Å². The molecule has 0 heterocycles. The Bertz CT molecular complexity index is 246. The Kier molecular flexibility index (Phi) is 18.7. The van der Waals surface area contributed by atoms with Crippen molar-refractivity contribution in [3.8, 4) is 0 Å². The van der Waals surface area contributed by atoms with E-state index in [0.29, 0.717) is 0 Å². The Labute approximate surface area is 152 Å². The molecular weight excluding hydrogens is 328 g/mol. The van der Waals surface area contributed by atoms with Crippen LogP contribution in [0.4, 0.5) is 0 Å². The maximum atomic E-state index is 9.79. The molecule has 0 aliphatic rings. The number of aliphatic hydroxyl groups is 1. The predicted octanol–water partition coefficient (Wildman–Crippen LogP) is 7.17. The van der Waals surface area contributed by atoms with Crippen LogP contribution in [0.25, 0.3) is 0 Å². The summed E-state index contributed by atoms with van der Waals surface area (Å²) in [6.45, 7) is 4.42. The van der Waals surface area contributed by atoms with E-state index in [0.717, 1.165) is 28.5 Å². The molecule has 1 nitrogen and oxygen atoms in total. The maximum absolute atomic E-state index is 9.79. The van der Waals surface area contributed by atoms with Gasteiger partial charge in [-0.25, -0.2) is 0 Å². The first-order valence-corrected chi connectivity index (χ1v) is 11.5. The van der Waals surface area contributed by atoms with Crippen molar-refractivity contribution in [2.75, 3.05) is 5.75 Å². The zero-order valence-corrected chi connectivity index (χ0v) is 17.1. The summed E-state index contributed by atoms with van der Waals surface area (Å²) in [5, 5.41) is 9.79. The first-order valence-electron chi connectivity index (χ1n) is 9.22. The monoisotopic (exact) mass is 364 g/mol. The lowest BCUT2D eigenvalue weighted by Crippen LogP contribution is -2.02. The quantitative estimate of drug-likeness (QED) is 0.189. The SMILES string of the molecule is CCCCCCCCCCCCSC(=S)SC(O)CCCC. The minimum atomic E-state index is -0.298. The van der Waals surface area contributed by atoms with Crippen LogP contribution in [0.2, 0.25) is 0 Å². The number of unbranched alkanes of at least 4 members (excludes halogenated alkanes) is 10. The number of rotatable bonds is 15. The van der Waals surface area contributed by atoms with Crippen molar-refractivity contribution in [1.82, 2.24) is 0 Å². The number of aliphatic hydroxyl groups excluding tert-OH is 1. The summed E-state index contributed by atoms with van der Waals surface area (Å²) in [5.74, 6) is 1.11. The average molecular weight is 365 g/mol. The molecule has 0 aromatic carbocycles. The van der Waals surface area contributed by atoms with Crippen LogP contribution in [0.1, 0.15) is 97.3 Å². The van der Waals surface area contributed by atoms with Crippen LogP contribution < -0.4 is 0 Å². The molecular formula is C18H36OS3. The van der Waals surface area contributed by atoms with Gasteiger partial charge < -0.3 is 5.11 Å². The zero-order chi connectivity index (χ0) is 16.5. The lowest BCUT2D eigenvalue weighted by Gasteiger charge is -2.09. The van der Waals surface area contributed by atoms with Gasteiger partial charge in [0.1, 0.15) is 8.96 Å². The van der Waals surface area contributed by atoms with E-state index in [4.69, 9.17) is 12.2 Å². The minimum absolute atomic E-state index is 0.298. The van der Waals surface area contributed by atoms with Crippen molar-refractivity contribution in [3.63, 3.8) is 0 Å². The summed E-state index contributed by atoms with van der Waals surface area (Å²) < 4.78 is 0.916. The largest absolute Gasteiger partial charge is 0.382 e. The molecule has 0 bridgehead atoms. The van der Waals surface area contributed by atoms with Crippen molar-refractivity contribution in [2.24, 2.45) is 0 Å². The molecule has 132 valence electrons. The van der Waals surface area contributed by atoms with E-state index in [2.05, 4.69) is 13.8 Å². The molecule has 22 heavy (non-hydrogen) atoms. The molecule has 4 heteroatoms. The summed E-state index contributed by atoms with van der Waals surface area (Å²) >= 11 is 8.54. The Morgan fingerprint density at radius 3 is 1.86 bits per heavy atom. The van der Waals surface area contributed by atoms with E-state index in [9.17, 15) is 5.11 Å².